The normalized spacial score (nSPS) is 21.0. The molecule has 0 spiro atoms. The van der Waals surface area contributed by atoms with Crippen LogP contribution < -0.4 is 4.74 Å². The van der Waals surface area contributed by atoms with Crippen LogP contribution in [0, 0.1) is 5.82 Å². The molecule has 0 unspecified atom stereocenters. The molecule has 0 radical (unpaired) electrons. The van der Waals surface area contributed by atoms with Crippen LogP contribution in [0.1, 0.15) is 44.2 Å². The monoisotopic (exact) mass is 375 g/mol. The van der Waals surface area contributed by atoms with E-state index in [1.165, 1.54) is 25.3 Å². The molecule has 0 bridgehead atoms. The minimum absolute atomic E-state index is 0.231. The zero-order valence-corrected chi connectivity index (χ0v) is 16.5. The Morgan fingerprint density at radius 2 is 1.81 bits per heavy atom. The predicted octanol–water partition coefficient (Wildman–Crippen LogP) is 6.00. The number of ether oxygens (including phenoxy) is 1. The van der Waals surface area contributed by atoms with E-state index in [9.17, 15) is 4.39 Å². The van der Waals surface area contributed by atoms with E-state index in [-0.39, 0.29) is 5.82 Å². The molecule has 0 amide bonds. The molecule has 2 aromatic carbocycles. The highest BCUT2D eigenvalue weighted by atomic mass is 35.5. The quantitative estimate of drug-likeness (QED) is 0.594. The second kappa shape index (κ2) is 8.41. The topological polar surface area (TPSA) is 12.5 Å². The van der Waals surface area contributed by atoms with Gasteiger partial charge in [-0.3, -0.25) is 4.90 Å². The molecule has 0 aromatic heterocycles. The number of halogens is 2. The van der Waals surface area contributed by atoms with Gasteiger partial charge in [0.15, 0.2) is 0 Å². The molecular weight excluding hydrogens is 349 g/mol. The third-order valence-corrected chi connectivity index (χ3v) is 5.83. The fourth-order valence-corrected chi connectivity index (χ4v) is 4.11. The minimum Gasteiger partial charge on any atom is -0.497 e. The van der Waals surface area contributed by atoms with Gasteiger partial charge in [0, 0.05) is 30.1 Å². The van der Waals surface area contributed by atoms with Crippen molar-refractivity contribution in [1.82, 2.24) is 4.90 Å². The van der Waals surface area contributed by atoms with Crippen LogP contribution in [0.3, 0.4) is 0 Å². The van der Waals surface area contributed by atoms with Crippen LogP contribution in [-0.2, 0) is 12.4 Å². The Hall–Kier alpha value is -1.58. The van der Waals surface area contributed by atoms with E-state index in [0.717, 1.165) is 23.2 Å². The number of hydrogen-bond donors (Lipinski definition) is 0. The van der Waals surface area contributed by atoms with Crippen molar-refractivity contribution >= 4 is 11.6 Å². The summed E-state index contributed by atoms with van der Waals surface area (Å²) in [6.07, 6.45) is 3.70. The molecule has 0 aliphatic carbocycles. The first-order valence-corrected chi connectivity index (χ1v) is 9.84. The van der Waals surface area contributed by atoms with Crippen LogP contribution in [0.5, 0.6) is 5.75 Å². The Morgan fingerprint density at radius 1 is 1.08 bits per heavy atom. The van der Waals surface area contributed by atoms with Crippen molar-refractivity contribution in [1.29, 1.82) is 0 Å². The lowest BCUT2D eigenvalue weighted by Crippen LogP contribution is -2.43. The largest absolute Gasteiger partial charge is 0.497 e. The van der Waals surface area contributed by atoms with Gasteiger partial charge < -0.3 is 4.74 Å². The van der Waals surface area contributed by atoms with Gasteiger partial charge >= 0.3 is 0 Å². The number of rotatable bonds is 5. The molecule has 1 saturated heterocycles. The zero-order valence-electron chi connectivity index (χ0n) is 15.8. The molecule has 0 N–H and O–H groups in total. The summed E-state index contributed by atoms with van der Waals surface area (Å²) in [5.41, 5.74) is 3.68. The first-order valence-electron chi connectivity index (χ1n) is 9.31. The van der Waals surface area contributed by atoms with Gasteiger partial charge in [-0.25, -0.2) is 4.39 Å². The number of benzene rings is 2. The van der Waals surface area contributed by atoms with E-state index in [2.05, 4.69) is 24.8 Å². The number of methoxy groups -OCH3 is 1. The van der Waals surface area contributed by atoms with Gasteiger partial charge in [0.1, 0.15) is 11.6 Å². The maximum absolute atomic E-state index is 14.6. The third kappa shape index (κ3) is 4.05. The van der Waals surface area contributed by atoms with E-state index in [0.29, 0.717) is 29.3 Å². The number of likely N-dealkylation sites (tertiary alicyclic amines) is 1. The lowest BCUT2D eigenvalue weighted by atomic mass is 9.93. The highest BCUT2D eigenvalue weighted by Crippen LogP contribution is 2.33. The summed E-state index contributed by atoms with van der Waals surface area (Å²) < 4.78 is 19.9. The summed E-state index contributed by atoms with van der Waals surface area (Å²) in [5, 5.41) is 0. The first kappa shape index (κ1) is 19.2. The zero-order chi connectivity index (χ0) is 18.7. The van der Waals surface area contributed by atoms with Gasteiger partial charge in [0.25, 0.3) is 0 Å². The molecule has 1 aliphatic rings. The van der Waals surface area contributed by atoms with Crippen molar-refractivity contribution in [2.75, 3.05) is 7.11 Å². The molecule has 2 aromatic rings. The van der Waals surface area contributed by atoms with E-state index in [1.54, 1.807) is 19.2 Å². The van der Waals surface area contributed by atoms with Gasteiger partial charge in [-0.1, -0.05) is 24.6 Å². The third-order valence-electron chi connectivity index (χ3n) is 5.52. The lowest BCUT2D eigenvalue weighted by Gasteiger charge is -2.39. The molecule has 140 valence electrons. The maximum atomic E-state index is 14.6. The molecule has 1 fully saturated rings. The highest BCUT2D eigenvalue weighted by Gasteiger charge is 2.26. The second-order valence-electron chi connectivity index (χ2n) is 7.27. The summed E-state index contributed by atoms with van der Waals surface area (Å²) in [7, 11) is 1.60. The van der Waals surface area contributed by atoms with Gasteiger partial charge in [-0.2, -0.15) is 0 Å². The highest BCUT2D eigenvalue weighted by molar-refractivity contribution is 6.17. The molecule has 3 rings (SSSR count). The van der Waals surface area contributed by atoms with E-state index in [1.807, 2.05) is 12.1 Å². The van der Waals surface area contributed by atoms with Crippen LogP contribution in [0.25, 0.3) is 11.1 Å². The maximum Gasteiger partial charge on any atom is 0.131 e. The molecule has 1 heterocycles. The Labute approximate surface area is 160 Å². The fraction of sp³-hybridized carbons (Fsp3) is 0.455. The molecule has 0 saturated carbocycles. The average molecular weight is 376 g/mol. The Balaban J connectivity index is 2.03. The molecular formula is C22H27ClFNO. The van der Waals surface area contributed by atoms with Gasteiger partial charge in [0.05, 0.1) is 7.11 Å². The van der Waals surface area contributed by atoms with Crippen LogP contribution in [0.4, 0.5) is 4.39 Å². The number of nitrogens with zero attached hydrogens (tertiary/aromatic N) is 1. The smallest absolute Gasteiger partial charge is 0.131 e. The van der Waals surface area contributed by atoms with Gasteiger partial charge in [-0.15, -0.1) is 11.6 Å². The number of hydrogen-bond acceptors (Lipinski definition) is 2. The Morgan fingerprint density at radius 3 is 2.46 bits per heavy atom. The molecule has 1 aliphatic heterocycles. The van der Waals surface area contributed by atoms with Crippen LogP contribution in [0.15, 0.2) is 36.4 Å². The molecule has 2 nitrogen and oxygen atoms in total. The molecule has 2 atom stereocenters. The summed E-state index contributed by atoms with van der Waals surface area (Å²) in [4.78, 5) is 2.53. The molecule has 26 heavy (non-hydrogen) atoms. The summed E-state index contributed by atoms with van der Waals surface area (Å²) >= 11 is 6.07. The lowest BCUT2D eigenvalue weighted by molar-refractivity contribution is 0.0954. The summed E-state index contributed by atoms with van der Waals surface area (Å²) in [6, 6.07) is 12.0. The molecule has 4 heteroatoms. The summed E-state index contributed by atoms with van der Waals surface area (Å²) in [5.74, 6) is 0.887. The van der Waals surface area contributed by atoms with Crippen LogP contribution >= 0.6 is 11.6 Å². The standard InChI is InChI=1S/C22H27ClFNO/c1-15-5-4-6-16(2)25(15)14-18-11-17(13-23)7-9-20(18)21-12-19(26-3)8-10-22(21)24/h7-12,15-16H,4-6,13-14H2,1-3H3/t15-,16-/m1/s1. The fourth-order valence-electron chi connectivity index (χ4n) is 3.94. The van der Waals surface area contributed by atoms with Gasteiger partial charge in [0.2, 0.25) is 0 Å². The van der Waals surface area contributed by atoms with Crippen LogP contribution in [-0.4, -0.2) is 24.1 Å². The van der Waals surface area contributed by atoms with Crippen molar-refractivity contribution in [3.05, 3.63) is 53.3 Å². The number of alkyl halides is 1. The van der Waals surface area contributed by atoms with Crippen LogP contribution in [0.2, 0.25) is 0 Å². The number of piperidine rings is 1. The van der Waals surface area contributed by atoms with Crippen molar-refractivity contribution in [3.8, 4) is 16.9 Å². The van der Waals surface area contributed by atoms with E-state index >= 15 is 0 Å². The van der Waals surface area contributed by atoms with Crippen molar-refractivity contribution in [2.45, 2.75) is 57.6 Å². The van der Waals surface area contributed by atoms with Crippen molar-refractivity contribution < 1.29 is 9.13 Å². The van der Waals surface area contributed by atoms with Crippen molar-refractivity contribution in [3.63, 3.8) is 0 Å². The second-order valence-corrected chi connectivity index (χ2v) is 7.54. The first-order chi connectivity index (χ1) is 12.5. The summed E-state index contributed by atoms with van der Waals surface area (Å²) in [6.45, 7) is 5.37. The predicted molar refractivity (Wildman–Crippen MR) is 106 cm³/mol. The minimum atomic E-state index is -0.231. The Kier molecular flexibility index (Phi) is 6.20. The Bertz CT molecular complexity index is 754. The van der Waals surface area contributed by atoms with E-state index in [4.69, 9.17) is 16.3 Å². The van der Waals surface area contributed by atoms with Gasteiger partial charge in [-0.05, 0) is 61.6 Å². The SMILES string of the molecule is COc1ccc(F)c(-c2ccc(CCl)cc2CN2[C@H](C)CCC[C@H]2C)c1. The average Bonchev–Trinajstić information content (AvgIpc) is 2.65. The van der Waals surface area contributed by atoms with Crippen molar-refractivity contribution in [2.24, 2.45) is 0 Å². The van der Waals surface area contributed by atoms with E-state index < -0.39 is 0 Å².